The van der Waals surface area contributed by atoms with Crippen LogP contribution in [0.25, 0.3) is 0 Å². The van der Waals surface area contributed by atoms with Gasteiger partial charge in [0.2, 0.25) is 0 Å². The van der Waals surface area contributed by atoms with Crippen LogP contribution in [0, 0.1) is 5.92 Å². The van der Waals surface area contributed by atoms with E-state index in [0.29, 0.717) is 5.54 Å². The van der Waals surface area contributed by atoms with Crippen molar-refractivity contribution in [3.8, 4) is 0 Å². The van der Waals surface area contributed by atoms with Crippen molar-refractivity contribution < 1.29 is 0 Å². The molecule has 3 heteroatoms. The summed E-state index contributed by atoms with van der Waals surface area (Å²) < 4.78 is 0. The lowest BCUT2D eigenvalue weighted by Gasteiger charge is -2.44. The van der Waals surface area contributed by atoms with E-state index in [1.165, 1.54) is 51.9 Å². The van der Waals surface area contributed by atoms with Crippen LogP contribution in [0.5, 0.6) is 0 Å². The third-order valence-corrected chi connectivity index (χ3v) is 5.30. The monoisotopic (exact) mass is 267 g/mol. The van der Waals surface area contributed by atoms with Gasteiger partial charge in [0, 0.05) is 44.3 Å². The first-order valence-corrected chi connectivity index (χ1v) is 8.18. The second kappa shape index (κ2) is 6.55. The lowest BCUT2D eigenvalue weighted by molar-refractivity contribution is 0.0602. The van der Waals surface area contributed by atoms with Crippen LogP contribution in [-0.2, 0) is 0 Å². The summed E-state index contributed by atoms with van der Waals surface area (Å²) in [6.07, 6.45) is 5.58. The van der Waals surface area contributed by atoms with E-state index in [4.69, 9.17) is 0 Å². The fourth-order valence-electron chi connectivity index (χ4n) is 3.55. The maximum atomic E-state index is 3.84. The highest BCUT2D eigenvalue weighted by atomic mass is 15.3. The fourth-order valence-corrected chi connectivity index (χ4v) is 3.55. The van der Waals surface area contributed by atoms with E-state index < -0.39 is 0 Å². The van der Waals surface area contributed by atoms with Crippen LogP contribution in [-0.4, -0.2) is 61.2 Å². The molecule has 0 bridgehead atoms. The maximum Gasteiger partial charge on any atom is 0.0278 e. The molecule has 1 aliphatic carbocycles. The zero-order chi connectivity index (χ0) is 13.9. The Bertz CT molecular complexity index is 269. The summed E-state index contributed by atoms with van der Waals surface area (Å²) in [5.41, 5.74) is 0.297. The third-order valence-electron chi connectivity index (χ3n) is 5.30. The molecule has 1 aliphatic heterocycles. The number of nitrogens with zero attached hydrogens (tertiary/aromatic N) is 2. The fraction of sp³-hybridized carbons (Fsp3) is 1.00. The van der Waals surface area contributed by atoms with Gasteiger partial charge >= 0.3 is 0 Å². The Hall–Kier alpha value is -0.120. The highest BCUT2D eigenvalue weighted by Crippen LogP contribution is 2.28. The Kier molecular flexibility index (Phi) is 5.27. The zero-order valence-electron chi connectivity index (χ0n) is 13.4. The molecule has 2 aliphatic rings. The van der Waals surface area contributed by atoms with Crippen molar-refractivity contribution in [1.82, 2.24) is 15.1 Å². The van der Waals surface area contributed by atoms with E-state index in [-0.39, 0.29) is 0 Å². The average molecular weight is 267 g/mol. The summed E-state index contributed by atoms with van der Waals surface area (Å²) >= 11 is 0. The van der Waals surface area contributed by atoms with Crippen LogP contribution in [0.3, 0.4) is 0 Å². The van der Waals surface area contributed by atoms with Crippen molar-refractivity contribution in [2.24, 2.45) is 5.92 Å². The minimum absolute atomic E-state index is 0.297. The molecule has 2 rings (SSSR count). The number of hydrogen-bond acceptors (Lipinski definition) is 3. The lowest BCUT2D eigenvalue weighted by Crippen LogP contribution is -2.58. The van der Waals surface area contributed by atoms with Gasteiger partial charge in [0.1, 0.15) is 0 Å². The molecule has 0 radical (unpaired) electrons. The van der Waals surface area contributed by atoms with Crippen molar-refractivity contribution in [2.75, 3.05) is 39.8 Å². The second-order valence-corrected chi connectivity index (χ2v) is 7.27. The van der Waals surface area contributed by atoms with Gasteiger partial charge in [0.25, 0.3) is 0 Å². The Balaban J connectivity index is 1.74. The molecule has 0 aromatic heterocycles. The van der Waals surface area contributed by atoms with E-state index in [2.05, 4.69) is 42.9 Å². The van der Waals surface area contributed by atoms with E-state index in [0.717, 1.165) is 18.5 Å². The number of rotatable bonds is 5. The summed E-state index contributed by atoms with van der Waals surface area (Å²) in [7, 11) is 2.23. The molecule has 1 saturated carbocycles. The molecule has 1 N–H and O–H groups in total. The topological polar surface area (TPSA) is 18.5 Å². The molecule has 0 aromatic rings. The first-order valence-electron chi connectivity index (χ1n) is 8.18. The van der Waals surface area contributed by atoms with Gasteiger partial charge in [-0.1, -0.05) is 13.3 Å². The molecular weight excluding hydrogens is 234 g/mol. The highest BCUT2D eigenvalue weighted by molar-refractivity contribution is 4.89. The second-order valence-electron chi connectivity index (χ2n) is 7.27. The minimum atomic E-state index is 0.297. The molecular formula is C16H33N3. The first-order chi connectivity index (χ1) is 9.01. The first kappa shape index (κ1) is 15.3. The molecule has 19 heavy (non-hydrogen) atoms. The number of nitrogens with one attached hydrogen (secondary N) is 1. The molecule has 2 fully saturated rings. The number of likely N-dealkylation sites (N-methyl/N-ethyl adjacent to an activating group) is 1. The molecule has 3 nitrogen and oxygen atoms in total. The van der Waals surface area contributed by atoms with Gasteiger partial charge in [-0.25, -0.2) is 0 Å². The van der Waals surface area contributed by atoms with Gasteiger partial charge in [-0.3, -0.25) is 4.90 Å². The van der Waals surface area contributed by atoms with Crippen LogP contribution >= 0.6 is 0 Å². The van der Waals surface area contributed by atoms with Crippen LogP contribution in [0.4, 0.5) is 0 Å². The van der Waals surface area contributed by atoms with Crippen molar-refractivity contribution >= 4 is 0 Å². The SMILES string of the molecule is CCC1CCC(NCC(C)(C)N2CCN(C)CC2)C1. The van der Waals surface area contributed by atoms with E-state index in [9.17, 15) is 0 Å². The van der Waals surface area contributed by atoms with Gasteiger partial charge < -0.3 is 10.2 Å². The molecule has 1 heterocycles. The number of hydrogen-bond donors (Lipinski definition) is 1. The summed E-state index contributed by atoms with van der Waals surface area (Å²) in [5, 5.41) is 3.84. The maximum absolute atomic E-state index is 3.84. The highest BCUT2D eigenvalue weighted by Gasteiger charge is 2.31. The molecule has 2 unspecified atom stereocenters. The van der Waals surface area contributed by atoms with Crippen molar-refractivity contribution in [1.29, 1.82) is 0 Å². The molecule has 0 amide bonds. The summed E-state index contributed by atoms with van der Waals surface area (Å²) in [4.78, 5) is 5.09. The van der Waals surface area contributed by atoms with Gasteiger partial charge in [-0.05, 0) is 46.1 Å². The molecule has 112 valence electrons. The molecule has 0 aromatic carbocycles. The van der Waals surface area contributed by atoms with Gasteiger partial charge in [-0.2, -0.15) is 0 Å². The Morgan fingerprint density at radius 1 is 1.11 bits per heavy atom. The largest absolute Gasteiger partial charge is 0.312 e. The summed E-state index contributed by atoms with van der Waals surface area (Å²) in [5.74, 6) is 0.976. The summed E-state index contributed by atoms with van der Waals surface area (Å²) in [6, 6.07) is 0.775. The molecule has 0 spiro atoms. The molecule has 2 atom stereocenters. The van der Waals surface area contributed by atoms with Gasteiger partial charge in [-0.15, -0.1) is 0 Å². The van der Waals surface area contributed by atoms with Crippen LogP contribution in [0.2, 0.25) is 0 Å². The quantitative estimate of drug-likeness (QED) is 0.824. The van der Waals surface area contributed by atoms with Crippen LogP contribution in [0.1, 0.15) is 46.5 Å². The lowest BCUT2D eigenvalue weighted by atomic mass is 10.0. The van der Waals surface area contributed by atoms with Gasteiger partial charge in [0.15, 0.2) is 0 Å². The van der Waals surface area contributed by atoms with Crippen LogP contribution < -0.4 is 5.32 Å². The Morgan fingerprint density at radius 2 is 1.79 bits per heavy atom. The van der Waals surface area contributed by atoms with Crippen molar-refractivity contribution in [2.45, 2.75) is 58.0 Å². The van der Waals surface area contributed by atoms with Gasteiger partial charge in [0.05, 0.1) is 0 Å². The normalized spacial score (nSPS) is 30.9. The molecule has 1 saturated heterocycles. The smallest absolute Gasteiger partial charge is 0.0278 e. The van der Waals surface area contributed by atoms with E-state index in [1.807, 2.05) is 0 Å². The predicted octanol–water partition coefficient (Wildman–Crippen LogP) is 2.18. The van der Waals surface area contributed by atoms with Crippen LogP contribution in [0.15, 0.2) is 0 Å². The van der Waals surface area contributed by atoms with Crippen molar-refractivity contribution in [3.63, 3.8) is 0 Å². The average Bonchev–Trinajstić information content (AvgIpc) is 2.85. The summed E-state index contributed by atoms with van der Waals surface area (Å²) in [6.45, 7) is 13.1. The van der Waals surface area contributed by atoms with E-state index in [1.54, 1.807) is 0 Å². The van der Waals surface area contributed by atoms with E-state index >= 15 is 0 Å². The van der Waals surface area contributed by atoms with Crippen molar-refractivity contribution in [3.05, 3.63) is 0 Å². The minimum Gasteiger partial charge on any atom is -0.312 e. The Labute approximate surface area is 119 Å². The third kappa shape index (κ3) is 4.17. The standard InChI is InChI=1S/C16H33N3/c1-5-14-6-7-15(12-14)17-13-16(2,3)19-10-8-18(4)9-11-19/h14-15,17H,5-13H2,1-4H3. The zero-order valence-corrected chi connectivity index (χ0v) is 13.4. The predicted molar refractivity (Wildman–Crippen MR) is 82.6 cm³/mol. The Morgan fingerprint density at radius 3 is 2.37 bits per heavy atom. The number of piperazine rings is 1.